The van der Waals surface area contributed by atoms with Crippen molar-refractivity contribution in [2.75, 3.05) is 28.8 Å². The third-order valence-corrected chi connectivity index (χ3v) is 5.87. The van der Waals surface area contributed by atoms with E-state index in [0.717, 1.165) is 0 Å². The van der Waals surface area contributed by atoms with Gasteiger partial charge in [0, 0.05) is 16.8 Å². The standard InChI is InChI=1S/C9H20N6O3S3/c10-13-7(16)3-19-1-6(21-5-9(18)15-12)2-20-4-8(17)14-11/h6H,1-5,10-12H2,(H,13,16)(H,14,17)(H,15,18). The van der Waals surface area contributed by atoms with Gasteiger partial charge >= 0.3 is 0 Å². The van der Waals surface area contributed by atoms with Crippen LogP contribution in [0, 0.1) is 0 Å². The number of carbonyl (C=O) groups excluding carboxylic acids is 3. The van der Waals surface area contributed by atoms with E-state index in [1.54, 1.807) is 0 Å². The summed E-state index contributed by atoms with van der Waals surface area (Å²) >= 11 is 4.22. The fourth-order valence-electron chi connectivity index (χ4n) is 1.03. The number of amides is 3. The van der Waals surface area contributed by atoms with Crippen LogP contribution < -0.4 is 33.8 Å². The number of hydrazine groups is 3. The lowest BCUT2D eigenvalue weighted by Gasteiger charge is -2.15. The highest BCUT2D eigenvalue weighted by Gasteiger charge is 2.14. The Hall–Kier alpha value is -0.660. The van der Waals surface area contributed by atoms with Crippen LogP contribution in [-0.4, -0.2) is 51.7 Å². The average Bonchev–Trinajstić information content (AvgIpc) is 2.50. The normalized spacial score (nSPS) is 10.3. The first-order valence-corrected chi connectivity index (χ1v) is 9.14. The van der Waals surface area contributed by atoms with Crippen LogP contribution in [0.5, 0.6) is 0 Å². The molecular formula is C9H20N6O3S3. The zero-order chi connectivity index (χ0) is 16.1. The van der Waals surface area contributed by atoms with E-state index in [9.17, 15) is 14.4 Å². The zero-order valence-corrected chi connectivity index (χ0v) is 13.7. The smallest absolute Gasteiger partial charge is 0.243 e. The molecule has 9 N–H and O–H groups in total. The van der Waals surface area contributed by atoms with Crippen molar-refractivity contribution >= 4 is 53.0 Å². The minimum atomic E-state index is -0.278. The number of carbonyl (C=O) groups is 3. The average molecular weight is 356 g/mol. The zero-order valence-electron chi connectivity index (χ0n) is 11.3. The van der Waals surface area contributed by atoms with Gasteiger partial charge < -0.3 is 0 Å². The second-order valence-corrected chi connectivity index (χ2v) is 7.01. The Morgan fingerprint density at radius 3 is 1.52 bits per heavy atom. The Kier molecular flexibility index (Phi) is 12.6. The first-order valence-electron chi connectivity index (χ1n) is 5.78. The highest BCUT2D eigenvalue weighted by molar-refractivity contribution is 8.05. The van der Waals surface area contributed by atoms with Crippen molar-refractivity contribution in [3.05, 3.63) is 0 Å². The van der Waals surface area contributed by atoms with Crippen molar-refractivity contribution in [1.82, 2.24) is 16.3 Å². The quantitative estimate of drug-likeness (QED) is 0.133. The van der Waals surface area contributed by atoms with Gasteiger partial charge in [-0.15, -0.1) is 11.8 Å². The predicted octanol–water partition coefficient (Wildman–Crippen LogP) is -2.48. The van der Waals surface area contributed by atoms with Gasteiger partial charge in [0.2, 0.25) is 17.7 Å². The van der Waals surface area contributed by atoms with Gasteiger partial charge in [0.15, 0.2) is 0 Å². The second kappa shape index (κ2) is 13.0. The second-order valence-electron chi connectivity index (χ2n) is 3.67. The van der Waals surface area contributed by atoms with Crippen LogP contribution in [0.1, 0.15) is 0 Å². The number of hydrogen-bond acceptors (Lipinski definition) is 9. The summed E-state index contributed by atoms with van der Waals surface area (Å²) in [6, 6.07) is 0. The number of hydrogen-bond donors (Lipinski definition) is 6. The lowest BCUT2D eigenvalue weighted by molar-refractivity contribution is -0.119. The Labute approximate surface area is 135 Å². The summed E-state index contributed by atoms with van der Waals surface area (Å²) in [5.74, 6) is 16.2. The molecule has 122 valence electrons. The van der Waals surface area contributed by atoms with Gasteiger partial charge in [-0.1, -0.05) is 0 Å². The molecule has 0 aromatic heterocycles. The number of thioether (sulfide) groups is 3. The summed E-state index contributed by atoms with van der Waals surface area (Å²) in [5.41, 5.74) is 6.14. The largest absolute Gasteiger partial charge is 0.294 e. The number of nitrogens with two attached hydrogens (primary N) is 3. The van der Waals surface area contributed by atoms with Crippen LogP contribution in [0.25, 0.3) is 0 Å². The van der Waals surface area contributed by atoms with Crippen LogP contribution in [-0.2, 0) is 14.4 Å². The maximum Gasteiger partial charge on any atom is 0.243 e. The molecule has 9 nitrogen and oxygen atoms in total. The number of nitrogens with one attached hydrogen (secondary N) is 3. The van der Waals surface area contributed by atoms with Gasteiger partial charge in [0.25, 0.3) is 0 Å². The van der Waals surface area contributed by atoms with E-state index in [2.05, 4.69) is 5.43 Å². The Morgan fingerprint density at radius 1 is 0.762 bits per heavy atom. The van der Waals surface area contributed by atoms with Crippen LogP contribution in [0.2, 0.25) is 0 Å². The summed E-state index contributed by atoms with van der Waals surface area (Å²) in [7, 11) is 0. The summed E-state index contributed by atoms with van der Waals surface area (Å²) in [5, 5.41) is 0.0912. The first kappa shape index (κ1) is 20.3. The Balaban J connectivity index is 4.10. The molecule has 0 heterocycles. The molecule has 0 aliphatic heterocycles. The molecule has 0 saturated heterocycles. The molecule has 0 bridgehead atoms. The molecule has 0 spiro atoms. The van der Waals surface area contributed by atoms with Gasteiger partial charge in [-0.25, -0.2) is 17.5 Å². The molecule has 0 unspecified atom stereocenters. The number of rotatable bonds is 11. The van der Waals surface area contributed by atoms with Crippen molar-refractivity contribution in [1.29, 1.82) is 0 Å². The molecule has 0 aliphatic carbocycles. The first-order chi connectivity index (χ1) is 10.0. The summed E-state index contributed by atoms with van der Waals surface area (Å²) in [6.07, 6.45) is 0. The van der Waals surface area contributed by atoms with E-state index in [0.29, 0.717) is 11.5 Å². The molecule has 0 aliphatic rings. The Morgan fingerprint density at radius 2 is 1.14 bits per heavy atom. The monoisotopic (exact) mass is 356 g/mol. The van der Waals surface area contributed by atoms with E-state index in [1.165, 1.54) is 35.3 Å². The minimum absolute atomic E-state index is 0.0912. The SMILES string of the molecule is NNC(=O)CSCC(CSCC(=O)NN)SCC(=O)NN. The van der Waals surface area contributed by atoms with E-state index < -0.39 is 0 Å². The van der Waals surface area contributed by atoms with Gasteiger partial charge in [0.1, 0.15) is 0 Å². The van der Waals surface area contributed by atoms with Gasteiger partial charge in [-0.3, -0.25) is 30.7 Å². The molecule has 0 radical (unpaired) electrons. The van der Waals surface area contributed by atoms with E-state index >= 15 is 0 Å². The van der Waals surface area contributed by atoms with E-state index in [-0.39, 0.29) is 40.2 Å². The molecular weight excluding hydrogens is 336 g/mol. The van der Waals surface area contributed by atoms with Crippen molar-refractivity contribution in [3.8, 4) is 0 Å². The highest BCUT2D eigenvalue weighted by atomic mass is 32.2. The molecule has 0 fully saturated rings. The fraction of sp³-hybridized carbons (Fsp3) is 0.667. The van der Waals surface area contributed by atoms with Crippen molar-refractivity contribution in [2.24, 2.45) is 17.5 Å². The fourth-order valence-corrected chi connectivity index (χ4v) is 4.53. The topological polar surface area (TPSA) is 165 Å². The molecule has 3 amide bonds. The Bertz CT molecular complexity index is 325. The summed E-state index contributed by atoms with van der Waals surface area (Å²) < 4.78 is 0. The minimum Gasteiger partial charge on any atom is -0.294 e. The van der Waals surface area contributed by atoms with Crippen LogP contribution >= 0.6 is 35.3 Å². The lowest BCUT2D eigenvalue weighted by Crippen LogP contribution is -2.33. The van der Waals surface area contributed by atoms with Crippen LogP contribution in [0.3, 0.4) is 0 Å². The summed E-state index contributed by atoms with van der Waals surface area (Å²) in [4.78, 5) is 33.2. The molecule has 0 rings (SSSR count). The third kappa shape index (κ3) is 11.7. The van der Waals surface area contributed by atoms with Crippen molar-refractivity contribution in [3.63, 3.8) is 0 Å². The van der Waals surface area contributed by atoms with Crippen molar-refractivity contribution in [2.45, 2.75) is 5.25 Å². The molecule has 0 saturated carbocycles. The lowest BCUT2D eigenvalue weighted by atomic mass is 10.5. The van der Waals surface area contributed by atoms with E-state index in [4.69, 9.17) is 17.5 Å². The van der Waals surface area contributed by atoms with Gasteiger partial charge in [0.05, 0.1) is 17.3 Å². The molecule has 0 atom stereocenters. The maximum absolute atomic E-state index is 11.1. The van der Waals surface area contributed by atoms with Gasteiger partial charge in [-0.05, 0) is 0 Å². The molecule has 21 heavy (non-hydrogen) atoms. The van der Waals surface area contributed by atoms with Crippen LogP contribution in [0.15, 0.2) is 0 Å². The predicted molar refractivity (Wildman–Crippen MR) is 87.9 cm³/mol. The maximum atomic E-state index is 11.1. The van der Waals surface area contributed by atoms with Crippen molar-refractivity contribution < 1.29 is 14.4 Å². The molecule has 12 heteroatoms. The van der Waals surface area contributed by atoms with E-state index in [1.807, 2.05) is 10.9 Å². The van der Waals surface area contributed by atoms with Gasteiger partial charge in [-0.2, -0.15) is 23.5 Å². The molecule has 0 aromatic carbocycles. The summed E-state index contributed by atoms with van der Waals surface area (Å²) in [6.45, 7) is 0. The third-order valence-electron chi connectivity index (χ3n) is 2.01. The molecule has 0 aromatic rings. The van der Waals surface area contributed by atoms with Crippen LogP contribution in [0.4, 0.5) is 0 Å². The highest BCUT2D eigenvalue weighted by Crippen LogP contribution is 2.21.